The summed E-state index contributed by atoms with van der Waals surface area (Å²) in [7, 11) is 0. The number of nitrogens with one attached hydrogen (secondary N) is 1. The number of hydrazone groups is 1. The minimum atomic E-state index is -0.216. The number of carbonyl (C=O) groups is 1. The molecule has 2 saturated carbocycles. The Bertz CT molecular complexity index is 820. The molecule has 1 aromatic carbocycles. The molecule has 1 aliphatic heterocycles. The number of nitrogens with zero attached hydrogens (tertiary/aromatic N) is 2. The molecule has 2 bridgehead atoms. The molecule has 158 valence electrons. The SMILES string of the molecule is CCCCC1=NN(C(=O)N[C@H]2C[C@@H]3CC[C@]2(C)C3(C)C)CC1c1ccccc1F. The summed E-state index contributed by atoms with van der Waals surface area (Å²) in [5, 5.41) is 9.50. The van der Waals surface area contributed by atoms with E-state index in [2.05, 4.69) is 38.1 Å². The van der Waals surface area contributed by atoms with Crippen LogP contribution in [-0.4, -0.2) is 29.3 Å². The zero-order chi connectivity index (χ0) is 20.8. The van der Waals surface area contributed by atoms with Gasteiger partial charge in [-0.2, -0.15) is 5.10 Å². The zero-order valence-electron chi connectivity index (χ0n) is 18.2. The number of hydrogen-bond acceptors (Lipinski definition) is 2. The lowest BCUT2D eigenvalue weighted by atomic mass is 9.69. The monoisotopic (exact) mass is 399 g/mol. The maximum atomic E-state index is 14.5. The van der Waals surface area contributed by atoms with Crippen LogP contribution < -0.4 is 5.32 Å². The van der Waals surface area contributed by atoms with Crippen molar-refractivity contribution < 1.29 is 9.18 Å². The van der Waals surface area contributed by atoms with Crippen molar-refractivity contribution in [3.05, 3.63) is 35.6 Å². The Hall–Kier alpha value is -1.91. The van der Waals surface area contributed by atoms with Gasteiger partial charge in [-0.3, -0.25) is 0 Å². The zero-order valence-corrected chi connectivity index (χ0v) is 18.2. The molecular weight excluding hydrogens is 365 g/mol. The topological polar surface area (TPSA) is 44.7 Å². The number of rotatable bonds is 5. The first-order valence-electron chi connectivity index (χ1n) is 11.2. The molecule has 29 heavy (non-hydrogen) atoms. The fourth-order valence-electron chi connectivity index (χ4n) is 5.94. The third-order valence-electron chi connectivity index (χ3n) is 8.40. The predicted molar refractivity (Wildman–Crippen MR) is 114 cm³/mol. The van der Waals surface area contributed by atoms with Crippen LogP contribution in [0.4, 0.5) is 9.18 Å². The molecule has 1 N–H and O–H groups in total. The van der Waals surface area contributed by atoms with E-state index in [0.717, 1.165) is 31.4 Å². The number of urea groups is 1. The second kappa shape index (κ2) is 7.41. The summed E-state index contributed by atoms with van der Waals surface area (Å²) in [5.74, 6) is 0.304. The van der Waals surface area contributed by atoms with Crippen LogP contribution in [0.25, 0.3) is 0 Å². The molecule has 4 rings (SSSR count). The predicted octanol–water partition coefficient (Wildman–Crippen LogP) is 5.70. The third kappa shape index (κ3) is 3.27. The molecule has 1 heterocycles. The molecule has 4 nitrogen and oxygen atoms in total. The Morgan fingerprint density at radius 3 is 2.69 bits per heavy atom. The van der Waals surface area contributed by atoms with Crippen molar-refractivity contribution >= 4 is 11.7 Å². The van der Waals surface area contributed by atoms with Gasteiger partial charge >= 0.3 is 6.03 Å². The summed E-state index contributed by atoms with van der Waals surface area (Å²) in [6.07, 6.45) is 6.32. The maximum absolute atomic E-state index is 14.5. The third-order valence-corrected chi connectivity index (χ3v) is 8.40. The smallest absolute Gasteiger partial charge is 0.333 e. The quantitative estimate of drug-likeness (QED) is 0.679. The van der Waals surface area contributed by atoms with E-state index in [1.54, 1.807) is 11.1 Å². The van der Waals surface area contributed by atoms with Gasteiger partial charge in [0.05, 0.1) is 6.54 Å². The van der Waals surface area contributed by atoms with Crippen molar-refractivity contribution in [1.29, 1.82) is 0 Å². The largest absolute Gasteiger partial charge is 0.338 e. The van der Waals surface area contributed by atoms with Gasteiger partial charge in [0.25, 0.3) is 0 Å². The second-order valence-corrected chi connectivity index (χ2v) is 9.96. The Balaban J connectivity index is 1.51. The molecule has 0 saturated heterocycles. The molecule has 1 aromatic rings. The molecule has 1 unspecified atom stereocenters. The minimum Gasteiger partial charge on any atom is -0.333 e. The minimum absolute atomic E-state index is 0.132. The number of hydrogen-bond donors (Lipinski definition) is 1. The van der Waals surface area contributed by atoms with Gasteiger partial charge in [0.2, 0.25) is 0 Å². The van der Waals surface area contributed by atoms with E-state index in [-0.39, 0.29) is 34.6 Å². The van der Waals surface area contributed by atoms with Gasteiger partial charge in [-0.15, -0.1) is 0 Å². The van der Waals surface area contributed by atoms with E-state index < -0.39 is 0 Å². The highest BCUT2D eigenvalue weighted by molar-refractivity contribution is 5.94. The van der Waals surface area contributed by atoms with E-state index in [0.29, 0.717) is 18.0 Å². The lowest BCUT2D eigenvalue weighted by molar-refractivity contribution is 0.118. The summed E-state index contributed by atoms with van der Waals surface area (Å²) in [6, 6.07) is 6.93. The van der Waals surface area contributed by atoms with Crippen LogP contribution in [0.2, 0.25) is 0 Å². The van der Waals surface area contributed by atoms with Crippen LogP contribution in [0, 0.1) is 22.6 Å². The number of halogens is 1. The first-order valence-corrected chi connectivity index (χ1v) is 11.2. The van der Waals surface area contributed by atoms with Crippen LogP contribution in [0.5, 0.6) is 0 Å². The average Bonchev–Trinajstić information content (AvgIpc) is 3.26. The molecule has 0 radical (unpaired) electrons. The standard InChI is InChI=1S/C24H34FN3O/c1-5-6-11-20-18(17-9-7-8-10-19(17)25)15-28(27-20)22(29)26-21-14-16-12-13-24(21,4)23(16,2)3/h7-10,16,18,21H,5-6,11-15H2,1-4H3,(H,26,29)/t16-,18?,21-,24-/m0/s1. The van der Waals surface area contributed by atoms with Crippen molar-refractivity contribution in [2.24, 2.45) is 21.8 Å². The highest BCUT2D eigenvalue weighted by Crippen LogP contribution is 2.65. The van der Waals surface area contributed by atoms with Crippen LogP contribution in [0.3, 0.4) is 0 Å². The molecule has 2 aliphatic carbocycles. The van der Waals surface area contributed by atoms with Gasteiger partial charge in [-0.05, 0) is 60.5 Å². The number of benzene rings is 1. The highest BCUT2D eigenvalue weighted by Gasteiger charge is 2.61. The van der Waals surface area contributed by atoms with Crippen LogP contribution in [-0.2, 0) is 0 Å². The average molecular weight is 400 g/mol. The van der Waals surface area contributed by atoms with Crippen LogP contribution in [0.1, 0.15) is 77.7 Å². The van der Waals surface area contributed by atoms with E-state index in [9.17, 15) is 9.18 Å². The van der Waals surface area contributed by atoms with E-state index in [1.165, 1.54) is 18.9 Å². The summed E-state index contributed by atoms with van der Waals surface area (Å²) in [4.78, 5) is 13.1. The lowest BCUT2D eigenvalue weighted by Crippen LogP contribution is -2.50. The number of fused-ring (bicyclic) bond motifs is 2. The van der Waals surface area contributed by atoms with Crippen molar-refractivity contribution in [3.63, 3.8) is 0 Å². The molecule has 4 atom stereocenters. The van der Waals surface area contributed by atoms with Gasteiger partial charge in [0.1, 0.15) is 5.82 Å². The summed E-state index contributed by atoms with van der Waals surface area (Å²) >= 11 is 0. The van der Waals surface area contributed by atoms with E-state index in [1.807, 2.05) is 12.1 Å². The normalized spacial score (nSPS) is 32.5. The summed E-state index contributed by atoms with van der Waals surface area (Å²) in [5.41, 5.74) is 1.95. The van der Waals surface area contributed by atoms with Gasteiger partial charge in [0, 0.05) is 17.7 Å². The Kier molecular flexibility index (Phi) is 5.20. The van der Waals surface area contributed by atoms with Gasteiger partial charge in [-0.25, -0.2) is 14.2 Å². The number of unbranched alkanes of at least 4 members (excludes halogenated alkanes) is 1. The summed E-state index contributed by atoms with van der Waals surface area (Å²) < 4.78 is 14.5. The van der Waals surface area contributed by atoms with Crippen molar-refractivity contribution in [2.75, 3.05) is 6.54 Å². The van der Waals surface area contributed by atoms with Crippen molar-refractivity contribution in [3.8, 4) is 0 Å². The molecule has 0 aromatic heterocycles. The van der Waals surface area contributed by atoms with Gasteiger partial charge < -0.3 is 5.32 Å². The van der Waals surface area contributed by atoms with Crippen LogP contribution in [0.15, 0.2) is 29.4 Å². The van der Waals surface area contributed by atoms with E-state index >= 15 is 0 Å². The fraction of sp³-hybridized carbons (Fsp3) is 0.667. The van der Waals surface area contributed by atoms with Crippen molar-refractivity contribution in [1.82, 2.24) is 10.3 Å². The second-order valence-electron chi connectivity index (χ2n) is 9.96. The Morgan fingerprint density at radius 1 is 1.31 bits per heavy atom. The molecular formula is C24H34FN3O. The maximum Gasteiger partial charge on any atom is 0.338 e. The Labute approximate surface area is 173 Å². The number of amides is 2. The molecule has 2 fully saturated rings. The number of carbonyl (C=O) groups excluding carboxylic acids is 1. The first-order chi connectivity index (χ1) is 13.8. The molecule has 5 heteroatoms. The highest BCUT2D eigenvalue weighted by atomic mass is 19.1. The first kappa shape index (κ1) is 20.4. The summed E-state index contributed by atoms with van der Waals surface area (Å²) in [6.45, 7) is 9.58. The van der Waals surface area contributed by atoms with E-state index in [4.69, 9.17) is 0 Å². The molecule has 3 aliphatic rings. The van der Waals surface area contributed by atoms with Gasteiger partial charge in [-0.1, -0.05) is 52.3 Å². The fourth-order valence-corrected chi connectivity index (χ4v) is 5.94. The lowest BCUT2D eigenvalue weighted by Gasteiger charge is -2.39. The van der Waals surface area contributed by atoms with Gasteiger partial charge in [0.15, 0.2) is 0 Å². The van der Waals surface area contributed by atoms with Crippen molar-refractivity contribution in [2.45, 2.75) is 78.2 Å². The van der Waals surface area contributed by atoms with Crippen LogP contribution >= 0.6 is 0 Å². The molecule has 0 spiro atoms. The Morgan fingerprint density at radius 2 is 2.07 bits per heavy atom. The molecule has 2 amide bonds.